The molecular weight excluding hydrogens is 388 g/mol. The Hall–Kier alpha value is -4.19. The van der Waals surface area contributed by atoms with E-state index in [4.69, 9.17) is 0 Å². The number of fused-ring (bicyclic) bond motifs is 2. The van der Waals surface area contributed by atoms with Crippen molar-refractivity contribution in [1.82, 2.24) is 14.3 Å². The number of nitrogens with zero attached hydrogens (tertiary/aromatic N) is 3. The summed E-state index contributed by atoms with van der Waals surface area (Å²) in [6, 6.07) is 22.9. The van der Waals surface area contributed by atoms with Gasteiger partial charge >= 0.3 is 0 Å². The number of aromatic nitrogens is 3. The Morgan fingerprint density at radius 2 is 1.68 bits per heavy atom. The lowest BCUT2D eigenvalue weighted by molar-refractivity contribution is 0.102. The summed E-state index contributed by atoms with van der Waals surface area (Å²) in [6.07, 6.45) is 3.49. The standard InChI is InChI=1S/C25H20N4O2/c1-2-28-15-20(24(30)26-22-14-8-10-17-9-6-7-13-19(17)22)23-21(16-28)25(31)29(27-23)18-11-4-3-5-12-18/h3-16H,2H2,1H3,(H,26,30). The Morgan fingerprint density at radius 1 is 0.935 bits per heavy atom. The summed E-state index contributed by atoms with van der Waals surface area (Å²) in [7, 11) is 0. The SMILES string of the molecule is CCn1cc(C(=O)Nc2cccc3ccccc23)c2nn(-c3ccccc3)c(=O)c-2c1. The summed E-state index contributed by atoms with van der Waals surface area (Å²) in [5.74, 6) is -0.304. The van der Waals surface area contributed by atoms with Crippen molar-refractivity contribution in [2.45, 2.75) is 13.5 Å². The minimum Gasteiger partial charge on any atom is -0.353 e. The Labute approximate surface area is 178 Å². The molecule has 6 nitrogen and oxygen atoms in total. The van der Waals surface area contributed by atoms with Crippen molar-refractivity contribution >= 4 is 22.4 Å². The van der Waals surface area contributed by atoms with Crippen LogP contribution in [-0.4, -0.2) is 20.3 Å². The van der Waals surface area contributed by atoms with E-state index in [0.717, 1.165) is 10.8 Å². The Morgan fingerprint density at radius 3 is 2.48 bits per heavy atom. The van der Waals surface area contributed by atoms with Crippen LogP contribution in [0.4, 0.5) is 5.69 Å². The first-order valence-corrected chi connectivity index (χ1v) is 10.1. The van der Waals surface area contributed by atoms with Gasteiger partial charge in [0.2, 0.25) is 0 Å². The minimum atomic E-state index is -0.304. The predicted octanol–water partition coefficient (Wildman–Crippen LogP) is 4.56. The van der Waals surface area contributed by atoms with Crippen LogP contribution in [0, 0.1) is 0 Å². The maximum atomic E-state index is 13.3. The molecule has 0 spiro atoms. The Balaban J connectivity index is 1.63. The number of anilines is 1. The van der Waals surface area contributed by atoms with E-state index < -0.39 is 0 Å². The zero-order valence-electron chi connectivity index (χ0n) is 16.9. The summed E-state index contributed by atoms with van der Waals surface area (Å²) in [6.45, 7) is 2.59. The molecule has 5 rings (SSSR count). The van der Waals surface area contributed by atoms with Crippen molar-refractivity contribution in [2.24, 2.45) is 0 Å². The maximum Gasteiger partial charge on any atom is 0.282 e. The fourth-order valence-electron chi connectivity index (χ4n) is 3.78. The Bertz CT molecular complexity index is 1430. The molecule has 0 unspecified atom stereocenters. The molecule has 1 amide bonds. The van der Waals surface area contributed by atoms with Gasteiger partial charge in [-0.15, -0.1) is 0 Å². The zero-order valence-corrected chi connectivity index (χ0v) is 16.9. The van der Waals surface area contributed by atoms with Crippen LogP contribution in [0.15, 0.2) is 90.0 Å². The average molecular weight is 408 g/mol. The molecule has 0 radical (unpaired) electrons. The summed E-state index contributed by atoms with van der Waals surface area (Å²) in [5.41, 5.74) is 2.29. The van der Waals surface area contributed by atoms with Crippen LogP contribution in [0.5, 0.6) is 0 Å². The highest BCUT2D eigenvalue weighted by Crippen LogP contribution is 2.26. The third-order valence-electron chi connectivity index (χ3n) is 5.37. The monoisotopic (exact) mass is 408 g/mol. The van der Waals surface area contributed by atoms with Crippen molar-refractivity contribution in [3.05, 3.63) is 101 Å². The predicted molar refractivity (Wildman–Crippen MR) is 122 cm³/mol. The van der Waals surface area contributed by atoms with Crippen LogP contribution < -0.4 is 10.9 Å². The first kappa shape index (κ1) is 18.8. The largest absolute Gasteiger partial charge is 0.353 e. The fourth-order valence-corrected chi connectivity index (χ4v) is 3.78. The normalized spacial score (nSPS) is 11.1. The van der Waals surface area contributed by atoms with Crippen molar-refractivity contribution in [2.75, 3.05) is 5.32 Å². The van der Waals surface area contributed by atoms with Crippen LogP contribution in [0.2, 0.25) is 0 Å². The summed E-state index contributed by atoms with van der Waals surface area (Å²) in [4.78, 5) is 26.4. The third kappa shape index (κ3) is 3.28. The van der Waals surface area contributed by atoms with Crippen molar-refractivity contribution in [3.8, 4) is 16.9 Å². The molecule has 152 valence electrons. The number of nitrogens with one attached hydrogen (secondary N) is 1. The van der Waals surface area contributed by atoms with Crippen LogP contribution in [0.1, 0.15) is 17.3 Å². The quantitative estimate of drug-likeness (QED) is 0.474. The van der Waals surface area contributed by atoms with Gasteiger partial charge in [0.25, 0.3) is 11.5 Å². The van der Waals surface area contributed by atoms with Gasteiger partial charge in [-0.3, -0.25) is 9.59 Å². The second-order valence-electron chi connectivity index (χ2n) is 7.30. The molecule has 3 aromatic carbocycles. The van der Waals surface area contributed by atoms with Gasteiger partial charge in [0.15, 0.2) is 0 Å². The van der Waals surface area contributed by atoms with E-state index in [-0.39, 0.29) is 11.5 Å². The zero-order chi connectivity index (χ0) is 21.4. The highest BCUT2D eigenvalue weighted by Gasteiger charge is 2.24. The number of carbonyl (C=O) groups excluding carboxylic acids is 1. The van der Waals surface area contributed by atoms with Gasteiger partial charge in [0.05, 0.1) is 16.8 Å². The van der Waals surface area contributed by atoms with Crippen molar-refractivity contribution in [1.29, 1.82) is 0 Å². The van der Waals surface area contributed by atoms with Crippen LogP contribution in [-0.2, 0) is 6.54 Å². The molecule has 0 aromatic heterocycles. The van der Waals surface area contributed by atoms with E-state index in [1.165, 1.54) is 4.68 Å². The lowest BCUT2D eigenvalue weighted by Gasteiger charge is -2.12. The van der Waals surface area contributed by atoms with Crippen LogP contribution in [0.3, 0.4) is 0 Å². The highest BCUT2D eigenvalue weighted by atomic mass is 16.2. The van der Waals surface area contributed by atoms with Crippen molar-refractivity contribution in [3.63, 3.8) is 0 Å². The smallest absolute Gasteiger partial charge is 0.282 e. The first-order valence-electron chi connectivity index (χ1n) is 10.1. The molecule has 2 aliphatic heterocycles. The summed E-state index contributed by atoms with van der Waals surface area (Å²) >= 11 is 0. The number of aryl methyl sites for hydroxylation is 1. The number of benzene rings is 3. The van der Waals surface area contributed by atoms with Gasteiger partial charge in [-0.1, -0.05) is 54.6 Å². The molecule has 0 fully saturated rings. The average Bonchev–Trinajstić information content (AvgIpc) is 3.15. The van der Waals surface area contributed by atoms with Gasteiger partial charge in [-0.25, -0.2) is 0 Å². The van der Waals surface area contributed by atoms with Gasteiger partial charge in [0, 0.05) is 30.0 Å². The van der Waals surface area contributed by atoms with Gasteiger partial charge in [-0.05, 0) is 30.5 Å². The second kappa shape index (κ2) is 7.57. The Kier molecular flexibility index (Phi) is 4.59. The number of amides is 1. The van der Waals surface area contributed by atoms with Gasteiger partial charge in [-0.2, -0.15) is 9.78 Å². The number of para-hydroxylation sites is 1. The number of carbonyl (C=O) groups is 1. The van der Waals surface area contributed by atoms with Crippen molar-refractivity contribution < 1.29 is 4.79 Å². The molecule has 3 aromatic rings. The number of pyridine rings is 1. The first-order chi connectivity index (χ1) is 15.2. The molecule has 0 aliphatic carbocycles. The number of rotatable bonds is 4. The van der Waals surface area contributed by atoms with E-state index in [9.17, 15) is 9.59 Å². The molecule has 2 heterocycles. The summed E-state index contributed by atoms with van der Waals surface area (Å²) in [5, 5.41) is 9.51. The minimum absolute atomic E-state index is 0.247. The lowest BCUT2D eigenvalue weighted by atomic mass is 10.1. The fraction of sp³-hybridized carbons (Fsp3) is 0.0800. The molecule has 6 heteroatoms. The number of hydrogen-bond acceptors (Lipinski definition) is 3. The highest BCUT2D eigenvalue weighted by molar-refractivity contribution is 6.11. The molecular formula is C25H20N4O2. The van der Waals surface area contributed by atoms with E-state index in [1.807, 2.05) is 84.3 Å². The maximum absolute atomic E-state index is 13.3. The molecule has 2 aliphatic rings. The number of hydrogen-bond donors (Lipinski definition) is 1. The van der Waals surface area contributed by atoms with Gasteiger partial charge < -0.3 is 9.88 Å². The van der Waals surface area contributed by atoms with E-state index >= 15 is 0 Å². The van der Waals surface area contributed by atoms with Gasteiger partial charge in [0.1, 0.15) is 5.69 Å². The molecule has 1 N–H and O–H groups in total. The van der Waals surface area contributed by atoms with E-state index in [2.05, 4.69) is 10.4 Å². The van der Waals surface area contributed by atoms with Crippen LogP contribution in [0.25, 0.3) is 27.7 Å². The molecule has 0 saturated heterocycles. The lowest BCUT2D eigenvalue weighted by Crippen LogP contribution is -2.17. The second-order valence-corrected chi connectivity index (χ2v) is 7.30. The third-order valence-corrected chi connectivity index (χ3v) is 5.37. The molecule has 0 atom stereocenters. The topological polar surface area (TPSA) is 68.9 Å². The van der Waals surface area contributed by atoms with E-state index in [1.54, 1.807) is 12.4 Å². The molecule has 31 heavy (non-hydrogen) atoms. The van der Waals surface area contributed by atoms with Crippen LogP contribution >= 0.6 is 0 Å². The molecule has 0 saturated carbocycles. The summed E-state index contributed by atoms with van der Waals surface area (Å²) < 4.78 is 3.18. The molecule has 0 bridgehead atoms. The van der Waals surface area contributed by atoms with E-state index in [0.29, 0.717) is 34.7 Å².